The average molecular weight is 330 g/mol. The number of nitrogens with zero attached hydrogens (tertiary/aromatic N) is 3. The zero-order chi connectivity index (χ0) is 15.3. The molecule has 3 heterocycles. The smallest absolute Gasteiger partial charge is 0.220 e. The van der Waals surface area contributed by atoms with Gasteiger partial charge in [-0.15, -0.1) is 11.3 Å². The first-order chi connectivity index (χ1) is 10.6. The van der Waals surface area contributed by atoms with Crippen molar-refractivity contribution in [1.82, 2.24) is 14.4 Å². The Morgan fingerprint density at radius 2 is 2.09 bits per heavy atom. The van der Waals surface area contributed by atoms with Gasteiger partial charge in [0.1, 0.15) is 5.52 Å². The molecule has 4 aromatic rings. The van der Waals surface area contributed by atoms with Crippen LogP contribution < -0.4 is 0 Å². The quantitative estimate of drug-likeness (QED) is 0.521. The highest BCUT2D eigenvalue weighted by Crippen LogP contribution is 2.24. The summed E-state index contributed by atoms with van der Waals surface area (Å²) in [6.07, 6.45) is 5.93. The highest BCUT2D eigenvalue weighted by atomic mass is 35.5. The summed E-state index contributed by atoms with van der Waals surface area (Å²) in [5, 5.41) is 0.651. The van der Waals surface area contributed by atoms with Gasteiger partial charge in [0.15, 0.2) is 10.5 Å². The highest BCUT2D eigenvalue weighted by Gasteiger charge is 2.09. The van der Waals surface area contributed by atoms with Gasteiger partial charge in [-0.05, 0) is 38.1 Å². The summed E-state index contributed by atoms with van der Waals surface area (Å²) in [5.41, 5.74) is 3.51. The minimum absolute atomic E-state index is 0.554. The second kappa shape index (κ2) is 4.97. The number of thiazole rings is 1. The Bertz CT molecular complexity index is 1020. The van der Waals surface area contributed by atoms with Crippen molar-refractivity contribution in [2.24, 2.45) is 0 Å². The summed E-state index contributed by atoms with van der Waals surface area (Å²) in [6.45, 7) is 4.08. The van der Waals surface area contributed by atoms with Gasteiger partial charge in [-0.2, -0.15) is 0 Å². The van der Waals surface area contributed by atoms with E-state index in [1.165, 1.54) is 4.88 Å². The number of aromatic nitrogens is 3. The molecule has 0 saturated heterocycles. The van der Waals surface area contributed by atoms with Gasteiger partial charge < -0.3 is 4.42 Å². The number of benzene rings is 1. The number of aryl methyl sites for hydroxylation is 2. The lowest BCUT2D eigenvalue weighted by Crippen LogP contribution is -1.83. The van der Waals surface area contributed by atoms with Gasteiger partial charge in [-0.25, -0.2) is 9.97 Å². The SMILES string of the molecule is Cc1cn2c(C=Cc3nc4cc(Cl)ccc4o3)c(C)nc2s1. The van der Waals surface area contributed by atoms with E-state index in [-0.39, 0.29) is 0 Å². The van der Waals surface area contributed by atoms with Crippen molar-refractivity contribution < 1.29 is 4.42 Å². The number of halogens is 1. The van der Waals surface area contributed by atoms with Crippen molar-refractivity contribution in [3.05, 3.63) is 51.6 Å². The molecule has 0 amide bonds. The number of hydrogen-bond donors (Lipinski definition) is 0. The molecular weight excluding hydrogens is 318 g/mol. The fraction of sp³-hybridized carbons (Fsp3) is 0.125. The molecule has 0 aliphatic heterocycles. The van der Waals surface area contributed by atoms with E-state index in [9.17, 15) is 0 Å². The van der Waals surface area contributed by atoms with Crippen LogP contribution in [0.15, 0.2) is 28.8 Å². The van der Waals surface area contributed by atoms with E-state index in [0.29, 0.717) is 10.9 Å². The third kappa shape index (κ3) is 2.23. The van der Waals surface area contributed by atoms with Crippen LogP contribution in [0.3, 0.4) is 0 Å². The second-order valence-electron chi connectivity index (χ2n) is 5.07. The maximum atomic E-state index is 5.96. The molecule has 22 heavy (non-hydrogen) atoms. The topological polar surface area (TPSA) is 43.3 Å². The van der Waals surface area contributed by atoms with E-state index in [4.69, 9.17) is 16.0 Å². The van der Waals surface area contributed by atoms with Gasteiger partial charge in [-0.3, -0.25) is 4.40 Å². The molecule has 4 nitrogen and oxygen atoms in total. The lowest BCUT2D eigenvalue weighted by molar-refractivity contribution is 0.589. The molecule has 110 valence electrons. The lowest BCUT2D eigenvalue weighted by atomic mass is 10.3. The summed E-state index contributed by atoms with van der Waals surface area (Å²) in [5.74, 6) is 0.554. The number of oxazole rings is 1. The number of rotatable bonds is 2. The predicted molar refractivity (Wildman–Crippen MR) is 90.5 cm³/mol. The normalized spacial score (nSPS) is 12.1. The molecule has 0 fully saturated rings. The van der Waals surface area contributed by atoms with Crippen molar-refractivity contribution >= 4 is 51.2 Å². The molecule has 0 N–H and O–H groups in total. The third-order valence-electron chi connectivity index (χ3n) is 3.41. The van der Waals surface area contributed by atoms with E-state index >= 15 is 0 Å². The number of imidazole rings is 1. The van der Waals surface area contributed by atoms with Crippen LogP contribution >= 0.6 is 22.9 Å². The van der Waals surface area contributed by atoms with Crippen LogP contribution in [0.2, 0.25) is 5.02 Å². The first-order valence-corrected chi connectivity index (χ1v) is 7.99. The second-order valence-corrected chi connectivity index (χ2v) is 6.72. The largest absolute Gasteiger partial charge is 0.437 e. The molecule has 3 aromatic heterocycles. The minimum atomic E-state index is 0.554. The molecule has 0 aliphatic rings. The van der Waals surface area contributed by atoms with Crippen LogP contribution in [0.25, 0.3) is 28.2 Å². The zero-order valence-corrected chi connectivity index (χ0v) is 13.6. The molecule has 0 bridgehead atoms. The standard InChI is InChI=1S/C16H12ClN3OS/c1-9-8-20-13(10(2)18-16(20)22-9)4-6-15-19-12-7-11(17)3-5-14(12)21-15/h3-8H,1-2H3. The monoisotopic (exact) mass is 329 g/mol. The molecule has 0 saturated carbocycles. The summed E-state index contributed by atoms with van der Waals surface area (Å²) >= 11 is 7.64. The van der Waals surface area contributed by atoms with Gasteiger partial charge in [0.05, 0.1) is 11.4 Å². The molecule has 0 aliphatic carbocycles. The van der Waals surface area contributed by atoms with Crippen molar-refractivity contribution in [1.29, 1.82) is 0 Å². The van der Waals surface area contributed by atoms with Gasteiger partial charge in [0.25, 0.3) is 0 Å². The lowest BCUT2D eigenvalue weighted by Gasteiger charge is -1.91. The maximum Gasteiger partial charge on any atom is 0.220 e. The molecule has 4 rings (SSSR count). The molecule has 0 atom stereocenters. The van der Waals surface area contributed by atoms with Gasteiger partial charge in [-0.1, -0.05) is 11.6 Å². The Hall–Kier alpha value is -2.11. The third-order valence-corrected chi connectivity index (χ3v) is 4.55. The maximum absolute atomic E-state index is 5.96. The molecule has 0 spiro atoms. The van der Waals surface area contributed by atoms with Gasteiger partial charge in [0.2, 0.25) is 5.89 Å². The Labute approximate surface area is 135 Å². The van der Waals surface area contributed by atoms with Crippen molar-refractivity contribution in [2.45, 2.75) is 13.8 Å². The fourth-order valence-corrected chi connectivity index (χ4v) is 3.47. The molecule has 0 radical (unpaired) electrons. The number of fused-ring (bicyclic) bond motifs is 2. The first-order valence-electron chi connectivity index (χ1n) is 6.79. The van der Waals surface area contributed by atoms with Gasteiger partial charge in [0, 0.05) is 22.2 Å². The molecule has 0 unspecified atom stereocenters. The van der Waals surface area contributed by atoms with Crippen LogP contribution in [0.1, 0.15) is 22.2 Å². The van der Waals surface area contributed by atoms with Crippen LogP contribution in [0, 0.1) is 13.8 Å². The average Bonchev–Trinajstić information content (AvgIpc) is 3.08. The van der Waals surface area contributed by atoms with Crippen molar-refractivity contribution in [2.75, 3.05) is 0 Å². The number of hydrogen-bond acceptors (Lipinski definition) is 4. The Morgan fingerprint density at radius 3 is 2.95 bits per heavy atom. The van der Waals surface area contributed by atoms with Crippen LogP contribution in [-0.4, -0.2) is 14.4 Å². The fourth-order valence-electron chi connectivity index (χ4n) is 2.42. The zero-order valence-electron chi connectivity index (χ0n) is 12.0. The summed E-state index contributed by atoms with van der Waals surface area (Å²) in [4.78, 5) is 11.2. The van der Waals surface area contributed by atoms with Crippen LogP contribution in [-0.2, 0) is 0 Å². The van der Waals surface area contributed by atoms with E-state index < -0.39 is 0 Å². The Balaban J connectivity index is 1.76. The molecule has 1 aromatic carbocycles. The van der Waals surface area contributed by atoms with E-state index in [1.807, 2.05) is 25.1 Å². The molecule has 6 heteroatoms. The summed E-state index contributed by atoms with van der Waals surface area (Å²) in [7, 11) is 0. The summed E-state index contributed by atoms with van der Waals surface area (Å²) in [6, 6.07) is 5.41. The Morgan fingerprint density at radius 1 is 1.23 bits per heavy atom. The van der Waals surface area contributed by atoms with Gasteiger partial charge >= 0.3 is 0 Å². The highest BCUT2D eigenvalue weighted by molar-refractivity contribution is 7.17. The van der Waals surface area contributed by atoms with E-state index in [0.717, 1.165) is 27.4 Å². The van der Waals surface area contributed by atoms with E-state index in [2.05, 4.69) is 27.5 Å². The minimum Gasteiger partial charge on any atom is -0.437 e. The van der Waals surface area contributed by atoms with Crippen molar-refractivity contribution in [3.8, 4) is 0 Å². The predicted octanol–water partition coefficient (Wildman–Crippen LogP) is 4.98. The summed E-state index contributed by atoms with van der Waals surface area (Å²) < 4.78 is 7.78. The molecular formula is C16H12ClN3OS. The van der Waals surface area contributed by atoms with E-state index in [1.54, 1.807) is 23.5 Å². The van der Waals surface area contributed by atoms with Crippen LogP contribution in [0.5, 0.6) is 0 Å². The van der Waals surface area contributed by atoms with Crippen LogP contribution in [0.4, 0.5) is 0 Å². The first kappa shape index (κ1) is 13.5. The Kier molecular flexibility index (Phi) is 3.06. The van der Waals surface area contributed by atoms with Crippen molar-refractivity contribution in [3.63, 3.8) is 0 Å².